The SMILES string of the molecule is Cc1cc(CNCC2CCC(O)CC2)c(C)n1C. The van der Waals surface area contributed by atoms with E-state index in [0.717, 1.165) is 31.8 Å². The van der Waals surface area contributed by atoms with Gasteiger partial charge in [0, 0.05) is 25.0 Å². The molecule has 0 spiro atoms. The Hall–Kier alpha value is -0.800. The molecule has 1 heterocycles. The predicted octanol–water partition coefficient (Wildman–Crippen LogP) is 2.28. The van der Waals surface area contributed by atoms with Crippen LogP contribution in [-0.4, -0.2) is 22.3 Å². The number of aromatic nitrogens is 1. The van der Waals surface area contributed by atoms with Crippen molar-refractivity contribution in [3.63, 3.8) is 0 Å². The maximum Gasteiger partial charge on any atom is 0.0540 e. The van der Waals surface area contributed by atoms with Gasteiger partial charge in [-0.2, -0.15) is 0 Å². The van der Waals surface area contributed by atoms with E-state index in [1.807, 2.05) is 0 Å². The van der Waals surface area contributed by atoms with E-state index in [1.165, 1.54) is 29.8 Å². The van der Waals surface area contributed by atoms with Gasteiger partial charge in [-0.05, 0) is 63.6 Å². The zero-order valence-electron chi connectivity index (χ0n) is 11.9. The number of aliphatic hydroxyl groups is 1. The Balaban J connectivity index is 1.76. The molecule has 1 fully saturated rings. The molecule has 0 saturated heterocycles. The Bertz CT molecular complexity index is 389. The summed E-state index contributed by atoms with van der Waals surface area (Å²) in [6, 6.07) is 2.27. The molecule has 0 amide bonds. The number of aryl methyl sites for hydroxylation is 1. The van der Waals surface area contributed by atoms with Crippen LogP contribution in [0.25, 0.3) is 0 Å². The molecule has 0 atom stereocenters. The summed E-state index contributed by atoms with van der Waals surface area (Å²) in [4.78, 5) is 0. The summed E-state index contributed by atoms with van der Waals surface area (Å²) in [5.74, 6) is 0.749. The first-order chi connectivity index (χ1) is 8.58. The minimum absolute atomic E-state index is 0.0414. The third-order valence-corrected chi connectivity index (χ3v) is 4.44. The summed E-state index contributed by atoms with van der Waals surface area (Å²) in [5, 5.41) is 13.0. The zero-order valence-corrected chi connectivity index (χ0v) is 11.9. The molecule has 18 heavy (non-hydrogen) atoms. The van der Waals surface area contributed by atoms with Gasteiger partial charge in [0.1, 0.15) is 0 Å². The van der Waals surface area contributed by atoms with E-state index in [2.05, 4.69) is 36.8 Å². The van der Waals surface area contributed by atoms with Gasteiger partial charge in [0.05, 0.1) is 6.10 Å². The van der Waals surface area contributed by atoms with Crippen molar-refractivity contribution in [3.8, 4) is 0 Å². The van der Waals surface area contributed by atoms with Crippen molar-refractivity contribution in [2.75, 3.05) is 6.54 Å². The van der Waals surface area contributed by atoms with Crippen LogP contribution in [0.4, 0.5) is 0 Å². The average molecular weight is 250 g/mol. The molecule has 0 aliphatic heterocycles. The molecule has 102 valence electrons. The van der Waals surface area contributed by atoms with Crippen molar-refractivity contribution in [1.82, 2.24) is 9.88 Å². The van der Waals surface area contributed by atoms with E-state index in [9.17, 15) is 5.11 Å². The topological polar surface area (TPSA) is 37.2 Å². The summed E-state index contributed by atoms with van der Waals surface area (Å²) in [5.41, 5.74) is 4.09. The van der Waals surface area contributed by atoms with Crippen molar-refractivity contribution >= 4 is 0 Å². The van der Waals surface area contributed by atoms with Gasteiger partial charge >= 0.3 is 0 Å². The molecule has 0 unspecified atom stereocenters. The molecular formula is C15H26N2O. The van der Waals surface area contributed by atoms with Crippen LogP contribution in [-0.2, 0) is 13.6 Å². The molecule has 3 heteroatoms. The van der Waals surface area contributed by atoms with Crippen molar-refractivity contribution in [2.24, 2.45) is 13.0 Å². The van der Waals surface area contributed by atoms with Crippen molar-refractivity contribution in [3.05, 3.63) is 23.0 Å². The number of hydrogen-bond acceptors (Lipinski definition) is 2. The van der Waals surface area contributed by atoms with Crippen molar-refractivity contribution in [2.45, 2.75) is 52.2 Å². The average Bonchev–Trinajstić information content (AvgIpc) is 2.60. The molecule has 3 nitrogen and oxygen atoms in total. The monoisotopic (exact) mass is 250 g/mol. The molecule has 1 saturated carbocycles. The third-order valence-electron chi connectivity index (χ3n) is 4.44. The van der Waals surface area contributed by atoms with E-state index >= 15 is 0 Å². The van der Waals surface area contributed by atoms with Gasteiger partial charge in [-0.15, -0.1) is 0 Å². The van der Waals surface area contributed by atoms with Gasteiger partial charge in [-0.1, -0.05) is 0 Å². The number of hydrogen-bond donors (Lipinski definition) is 2. The standard InChI is InChI=1S/C15H26N2O/c1-11-8-14(12(2)17(11)3)10-16-9-13-4-6-15(18)7-5-13/h8,13,15-16,18H,4-7,9-10H2,1-3H3. The second-order valence-corrected chi connectivity index (χ2v) is 5.76. The lowest BCUT2D eigenvalue weighted by atomic mass is 9.87. The van der Waals surface area contributed by atoms with Gasteiger partial charge in [-0.3, -0.25) is 0 Å². The third kappa shape index (κ3) is 3.15. The van der Waals surface area contributed by atoms with Gasteiger partial charge in [0.15, 0.2) is 0 Å². The van der Waals surface area contributed by atoms with E-state index in [1.54, 1.807) is 0 Å². The van der Waals surface area contributed by atoms with Gasteiger partial charge in [0.25, 0.3) is 0 Å². The number of aliphatic hydroxyl groups excluding tert-OH is 1. The Labute approximate surface area is 110 Å². The molecule has 1 aromatic rings. The summed E-state index contributed by atoms with van der Waals surface area (Å²) in [6.07, 6.45) is 4.26. The van der Waals surface area contributed by atoms with E-state index in [0.29, 0.717) is 0 Å². The highest BCUT2D eigenvalue weighted by Gasteiger charge is 2.18. The summed E-state index contributed by atoms with van der Waals surface area (Å²) >= 11 is 0. The van der Waals surface area contributed by atoms with Gasteiger partial charge in [0.2, 0.25) is 0 Å². The molecular weight excluding hydrogens is 224 g/mol. The van der Waals surface area contributed by atoms with Crippen LogP contribution >= 0.6 is 0 Å². The molecule has 0 radical (unpaired) electrons. The Morgan fingerprint density at radius 2 is 1.94 bits per heavy atom. The largest absolute Gasteiger partial charge is 0.393 e. The number of nitrogens with one attached hydrogen (secondary N) is 1. The molecule has 2 rings (SSSR count). The van der Waals surface area contributed by atoms with Gasteiger partial charge < -0.3 is 15.0 Å². The molecule has 1 aliphatic rings. The summed E-state index contributed by atoms with van der Waals surface area (Å²) in [6.45, 7) is 6.38. The van der Waals surface area contributed by atoms with Crippen LogP contribution in [0.15, 0.2) is 6.07 Å². The van der Waals surface area contributed by atoms with Crippen molar-refractivity contribution in [1.29, 1.82) is 0 Å². The Kier molecular flexibility index (Phi) is 4.46. The van der Waals surface area contributed by atoms with Crippen molar-refractivity contribution < 1.29 is 5.11 Å². The van der Waals surface area contributed by atoms with Gasteiger partial charge in [-0.25, -0.2) is 0 Å². The fraction of sp³-hybridized carbons (Fsp3) is 0.733. The van der Waals surface area contributed by atoms with Crippen LogP contribution in [0, 0.1) is 19.8 Å². The first-order valence-corrected chi connectivity index (χ1v) is 7.08. The normalized spacial score (nSPS) is 24.4. The molecule has 2 N–H and O–H groups in total. The first-order valence-electron chi connectivity index (χ1n) is 7.08. The maximum absolute atomic E-state index is 9.48. The first kappa shape index (κ1) is 13.6. The van der Waals surface area contributed by atoms with Crippen LogP contribution in [0.1, 0.15) is 42.6 Å². The quantitative estimate of drug-likeness (QED) is 0.860. The highest BCUT2D eigenvalue weighted by molar-refractivity contribution is 5.26. The fourth-order valence-electron chi connectivity index (χ4n) is 2.87. The fourth-order valence-corrected chi connectivity index (χ4v) is 2.87. The minimum atomic E-state index is -0.0414. The lowest BCUT2D eigenvalue weighted by Crippen LogP contribution is -2.27. The molecule has 1 aliphatic carbocycles. The minimum Gasteiger partial charge on any atom is -0.393 e. The van der Waals surface area contributed by atoms with Crippen LogP contribution in [0.5, 0.6) is 0 Å². The second-order valence-electron chi connectivity index (χ2n) is 5.76. The zero-order chi connectivity index (χ0) is 13.1. The van der Waals surface area contributed by atoms with E-state index < -0.39 is 0 Å². The lowest BCUT2D eigenvalue weighted by molar-refractivity contribution is 0.108. The number of rotatable bonds is 4. The van der Waals surface area contributed by atoms with Crippen LogP contribution < -0.4 is 5.32 Å². The molecule has 0 aromatic carbocycles. The van der Waals surface area contributed by atoms with Crippen LogP contribution in [0.2, 0.25) is 0 Å². The highest BCUT2D eigenvalue weighted by Crippen LogP contribution is 2.23. The number of nitrogens with zero attached hydrogens (tertiary/aromatic N) is 1. The smallest absolute Gasteiger partial charge is 0.0540 e. The Morgan fingerprint density at radius 1 is 1.28 bits per heavy atom. The lowest BCUT2D eigenvalue weighted by Gasteiger charge is -2.25. The molecule has 0 bridgehead atoms. The van der Waals surface area contributed by atoms with E-state index in [4.69, 9.17) is 0 Å². The summed E-state index contributed by atoms with van der Waals surface area (Å²) < 4.78 is 2.24. The predicted molar refractivity (Wildman–Crippen MR) is 74.6 cm³/mol. The Morgan fingerprint density at radius 3 is 2.50 bits per heavy atom. The second kappa shape index (κ2) is 5.89. The highest BCUT2D eigenvalue weighted by atomic mass is 16.3. The van der Waals surface area contributed by atoms with Crippen LogP contribution in [0.3, 0.4) is 0 Å². The molecule has 1 aromatic heterocycles. The summed E-state index contributed by atoms with van der Waals surface area (Å²) in [7, 11) is 2.12. The van der Waals surface area contributed by atoms with E-state index in [-0.39, 0.29) is 6.10 Å². The maximum atomic E-state index is 9.48.